The van der Waals surface area contributed by atoms with E-state index in [9.17, 15) is 14.7 Å². The van der Waals surface area contributed by atoms with Gasteiger partial charge in [-0.2, -0.15) is 0 Å². The normalized spacial score (nSPS) is 13.0. The van der Waals surface area contributed by atoms with Crippen molar-refractivity contribution in [1.29, 1.82) is 0 Å². The van der Waals surface area contributed by atoms with Crippen molar-refractivity contribution < 1.29 is 19.4 Å². The maximum absolute atomic E-state index is 12.3. The van der Waals surface area contributed by atoms with Gasteiger partial charge in [0.15, 0.2) is 11.6 Å². The Balaban J connectivity index is 1.64. The number of fused-ring (bicyclic) bond motifs is 1. The second-order valence-electron chi connectivity index (χ2n) is 5.67. The summed E-state index contributed by atoms with van der Waals surface area (Å²) in [5.74, 6) is 0.606. The zero-order valence-corrected chi connectivity index (χ0v) is 12.7. The van der Waals surface area contributed by atoms with Gasteiger partial charge in [0.25, 0.3) is 0 Å². The Labute approximate surface area is 134 Å². The van der Waals surface area contributed by atoms with Gasteiger partial charge in [0.1, 0.15) is 11.5 Å². The first kappa shape index (κ1) is 15.3. The Bertz CT molecular complexity index is 749. The van der Waals surface area contributed by atoms with Crippen LogP contribution in [0.3, 0.4) is 0 Å². The fourth-order valence-electron chi connectivity index (χ4n) is 2.71. The number of ketones is 2. The molecule has 23 heavy (non-hydrogen) atoms. The predicted molar refractivity (Wildman–Crippen MR) is 86.3 cm³/mol. The summed E-state index contributed by atoms with van der Waals surface area (Å²) in [5, 5.41) is 9.40. The van der Waals surface area contributed by atoms with Crippen molar-refractivity contribution in [2.45, 2.75) is 25.7 Å². The van der Waals surface area contributed by atoms with E-state index in [0.29, 0.717) is 17.7 Å². The Kier molecular flexibility index (Phi) is 4.42. The molecular weight excluding hydrogens is 292 g/mol. The molecule has 0 spiro atoms. The molecule has 0 saturated heterocycles. The minimum atomic E-state index is -0.150. The number of hydrogen-bond acceptors (Lipinski definition) is 4. The van der Waals surface area contributed by atoms with E-state index in [1.807, 2.05) is 6.07 Å². The van der Waals surface area contributed by atoms with Crippen molar-refractivity contribution in [1.82, 2.24) is 0 Å². The number of aromatic hydroxyl groups is 1. The average Bonchev–Trinajstić information content (AvgIpc) is 2.59. The van der Waals surface area contributed by atoms with Crippen molar-refractivity contribution in [3.63, 3.8) is 0 Å². The standard InChI is InChI=1S/C19H18O4/c20-16-5-1-3-14(11-16)17(21)8-9-18(22)15-7-6-13-4-2-10-23-19(13)12-15/h1,3,5-7,11-12,20H,2,4,8-10H2. The molecule has 0 radical (unpaired) electrons. The quantitative estimate of drug-likeness (QED) is 0.858. The monoisotopic (exact) mass is 310 g/mol. The number of carbonyl (C=O) groups is 2. The van der Waals surface area contributed by atoms with E-state index in [1.54, 1.807) is 24.3 Å². The number of phenolic OH excluding ortho intramolecular Hbond substituents is 1. The molecule has 4 nitrogen and oxygen atoms in total. The molecule has 0 aliphatic carbocycles. The molecule has 4 heteroatoms. The van der Waals surface area contributed by atoms with Crippen LogP contribution in [-0.4, -0.2) is 23.3 Å². The number of aryl methyl sites for hydroxylation is 1. The van der Waals surface area contributed by atoms with Gasteiger partial charge in [-0.05, 0) is 36.6 Å². The lowest BCUT2D eigenvalue weighted by Crippen LogP contribution is -2.10. The maximum atomic E-state index is 12.3. The van der Waals surface area contributed by atoms with Gasteiger partial charge in [0.2, 0.25) is 0 Å². The largest absolute Gasteiger partial charge is 0.508 e. The van der Waals surface area contributed by atoms with Crippen LogP contribution in [0.4, 0.5) is 0 Å². The molecular formula is C19H18O4. The SMILES string of the molecule is O=C(CCC(=O)c1ccc2c(c1)OCCC2)c1cccc(O)c1. The molecule has 0 saturated carbocycles. The topological polar surface area (TPSA) is 63.6 Å². The lowest BCUT2D eigenvalue weighted by molar-refractivity contribution is 0.0917. The summed E-state index contributed by atoms with van der Waals surface area (Å²) in [6.07, 6.45) is 2.24. The third kappa shape index (κ3) is 3.59. The van der Waals surface area contributed by atoms with Crippen molar-refractivity contribution in [3.8, 4) is 11.5 Å². The molecule has 2 aromatic rings. The van der Waals surface area contributed by atoms with Gasteiger partial charge in [-0.1, -0.05) is 24.3 Å². The summed E-state index contributed by atoms with van der Waals surface area (Å²) in [6.45, 7) is 0.681. The first-order valence-corrected chi connectivity index (χ1v) is 7.74. The Morgan fingerprint density at radius 2 is 1.74 bits per heavy atom. The van der Waals surface area contributed by atoms with Gasteiger partial charge in [0, 0.05) is 24.0 Å². The Morgan fingerprint density at radius 3 is 2.48 bits per heavy atom. The van der Waals surface area contributed by atoms with Gasteiger partial charge in [0.05, 0.1) is 6.61 Å². The molecule has 1 N–H and O–H groups in total. The van der Waals surface area contributed by atoms with E-state index in [0.717, 1.165) is 24.2 Å². The van der Waals surface area contributed by atoms with Crippen molar-refractivity contribution in [2.24, 2.45) is 0 Å². The molecule has 0 fully saturated rings. The van der Waals surface area contributed by atoms with Gasteiger partial charge in [-0.3, -0.25) is 9.59 Å². The number of hydrogen-bond donors (Lipinski definition) is 1. The van der Waals surface area contributed by atoms with Gasteiger partial charge in [-0.25, -0.2) is 0 Å². The van der Waals surface area contributed by atoms with E-state index in [-0.39, 0.29) is 30.2 Å². The number of Topliss-reactive ketones (excluding diaryl/α,β-unsaturated/α-hetero) is 2. The van der Waals surface area contributed by atoms with Crippen LogP contribution >= 0.6 is 0 Å². The molecule has 0 atom stereocenters. The van der Waals surface area contributed by atoms with Crippen LogP contribution in [0.5, 0.6) is 11.5 Å². The minimum Gasteiger partial charge on any atom is -0.508 e. The summed E-state index contributed by atoms with van der Waals surface area (Å²) in [5.41, 5.74) is 2.13. The summed E-state index contributed by atoms with van der Waals surface area (Å²) in [7, 11) is 0. The highest BCUT2D eigenvalue weighted by Gasteiger charge is 2.15. The average molecular weight is 310 g/mol. The second-order valence-corrected chi connectivity index (χ2v) is 5.67. The molecule has 1 aliphatic rings. The molecule has 0 amide bonds. The Morgan fingerprint density at radius 1 is 1.00 bits per heavy atom. The van der Waals surface area contributed by atoms with E-state index in [4.69, 9.17) is 4.74 Å². The molecule has 118 valence electrons. The molecule has 2 aromatic carbocycles. The highest BCUT2D eigenvalue weighted by molar-refractivity contribution is 6.02. The highest BCUT2D eigenvalue weighted by Crippen LogP contribution is 2.26. The zero-order valence-electron chi connectivity index (χ0n) is 12.7. The van der Waals surface area contributed by atoms with Crippen LogP contribution < -0.4 is 4.74 Å². The fourth-order valence-corrected chi connectivity index (χ4v) is 2.71. The van der Waals surface area contributed by atoms with Crippen LogP contribution in [0.25, 0.3) is 0 Å². The van der Waals surface area contributed by atoms with E-state index in [1.165, 1.54) is 12.1 Å². The Hall–Kier alpha value is -2.62. The molecule has 0 aromatic heterocycles. The number of carbonyl (C=O) groups excluding carboxylic acids is 2. The molecule has 1 heterocycles. The van der Waals surface area contributed by atoms with Gasteiger partial charge < -0.3 is 9.84 Å². The molecule has 3 rings (SSSR count). The minimum absolute atomic E-state index is 0.0500. The summed E-state index contributed by atoms with van der Waals surface area (Å²) in [6, 6.07) is 11.7. The second kappa shape index (κ2) is 6.65. The van der Waals surface area contributed by atoms with Crippen molar-refractivity contribution in [2.75, 3.05) is 6.61 Å². The number of ether oxygens (including phenoxy) is 1. The predicted octanol–water partition coefficient (Wildman–Crippen LogP) is 3.56. The molecule has 0 bridgehead atoms. The summed E-state index contributed by atoms with van der Waals surface area (Å²) in [4.78, 5) is 24.4. The smallest absolute Gasteiger partial charge is 0.163 e. The van der Waals surface area contributed by atoms with E-state index < -0.39 is 0 Å². The van der Waals surface area contributed by atoms with E-state index >= 15 is 0 Å². The van der Waals surface area contributed by atoms with Crippen molar-refractivity contribution in [3.05, 3.63) is 59.2 Å². The number of rotatable bonds is 5. The molecule has 0 unspecified atom stereocenters. The van der Waals surface area contributed by atoms with Crippen molar-refractivity contribution >= 4 is 11.6 Å². The number of phenols is 1. The van der Waals surface area contributed by atoms with Crippen LogP contribution in [0, 0.1) is 0 Å². The summed E-state index contributed by atoms with van der Waals surface area (Å²) < 4.78 is 5.58. The third-order valence-electron chi connectivity index (χ3n) is 3.98. The van der Waals surface area contributed by atoms with Crippen LogP contribution in [0.1, 0.15) is 45.5 Å². The fraction of sp³-hybridized carbons (Fsp3) is 0.263. The number of benzene rings is 2. The highest BCUT2D eigenvalue weighted by atomic mass is 16.5. The molecule has 1 aliphatic heterocycles. The zero-order chi connectivity index (χ0) is 16.2. The summed E-state index contributed by atoms with van der Waals surface area (Å²) >= 11 is 0. The first-order valence-electron chi connectivity index (χ1n) is 7.74. The van der Waals surface area contributed by atoms with Gasteiger partial charge >= 0.3 is 0 Å². The third-order valence-corrected chi connectivity index (χ3v) is 3.98. The van der Waals surface area contributed by atoms with Crippen LogP contribution in [-0.2, 0) is 6.42 Å². The maximum Gasteiger partial charge on any atom is 0.163 e. The van der Waals surface area contributed by atoms with E-state index in [2.05, 4.69) is 0 Å². The first-order chi connectivity index (χ1) is 11.1. The van der Waals surface area contributed by atoms with Crippen LogP contribution in [0.2, 0.25) is 0 Å². The van der Waals surface area contributed by atoms with Crippen LogP contribution in [0.15, 0.2) is 42.5 Å². The lowest BCUT2D eigenvalue weighted by Gasteiger charge is -2.17. The lowest BCUT2D eigenvalue weighted by atomic mass is 9.98. The van der Waals surface area contributed by atoms with Gasteiger partial charge in [-0.15, -0.1) is 0 Å².